The Balaban J connectivity index is 1.82. The van der Waals surface area contributed by atoms with Gasteiger partial charge in [0.15, 0.2) is 0 Å². The van der Waals surface area contributed by atoms with Crippen molar-refractivity contribution in [1.29, 1.82) is 0 Å². The molecule has 0 heterocycles. The number of benzene rings is 1. The first-order valence-electron chi connectivity index (χ1n) is 6.89. The first-order valence-corrected chi connectivity index (χ1v) is 7.87. The summed E-state index contributed by atoms with van der Waals surface area (Å²) in [6.45, 7) is 3.97. The van der Waals surface area contributed by atoms with E-state index in [0.29, 0.717) is 11.8 Å². The van der Waals surface area contributed by atoms with Crippen LogP contribution in [0.3, 0.4) is 0 Å². The number of carbonyl (C=O) groups excluding carboxylic acids is 1. The van der Waals surface area contributed by atoms with Crippen LogP contribution >= 0.6 is 11.8 Å². The smallest absolute Gasteiger partial charge is 0.232 e. The predicted octanol–water partition coefficient (Wildman–Crippen LogP) is 2.51. The number of nitrogens with one attached hydrogen (secondary N) is 1. The molecule has 1 N–H and O–H groups in total. The van der Waals surface area contributed by atoms with E-state index in [1.54, 1.807) is 11.8 Å². The third kappa shape index (κ3) is 4.55. The molecule has 1 aliphatic rings. The molecule has 0 aliphatic heterocycles. The molecule has 1 amide bonds. The van der Waals surface area contributed by atoms with Gasteiger partial charge in [-0.05, 0) is 37.1 Å². The summed E-state index contributed by atoms with van der Waals surface area (Å²) in [5.74, 6) is 0.780. The SMILES string of the molecule is CCNCc1cccc(SCC(=O)N(C)C2CC2)c1. The summed E-state index contributed by atoms with van der Waals surface area (Å²) < 4.78 is 0. The second-order valence-electron chi connectivity index (χ2n) is 4.95. The van der Waals surface area contributed by atoms with Gasteiger partial charge in [-0.2, -0.15) is 0 Å². The number of nitrogens with zero attached hydrogens (tertiary/aromatic N) is 1. The highest BCUT2D eigenvalue weighted by atomic mass is 32.2. The van der Waals surface area contributed by atoms with Gasteiger partial charge in [0.1, 0.15) is 0 Å². The number of carbonyl (C=O) groups is 1. The van der Waals surface area contributed by atoms with Crippen molar-refractivity contribution >= 4 is 17.7 Å². The lowest BCUT2D eigenvalue weighted by Gasteiger charge is -2.15. The van der Waals surface area contributed by atoms with Gasteiger partial charge >= 0.3 is 0 Å². The molecule has 1 aromatic rings. The summed E-state index contributed by atoms with van der Waals surface area (Å²) in [6.07, 6.45) is 2.34. The standard InChI is InChI=1S/C15H22N2OS/c1-3-16-10-12-5-4-6-14(9-12)19-11-15(18)17(2)13-7-8-13/h4-6,9,13,16H,3,7-8,10-11H2,1-2H3. The van der Waals surface area contributed by atoms with Crippen molar-refractivity contribution in [2.24, 2.45) is 0 Å². The Morgan fingerprint density at radius 1 is 1.47 bits per heavy atom. The first kappa shape index (κ1) is 14.4. The third-order valence-corrected chi connectivity index (χ3v) is 4.31. The van der Waals surface area contributed by atoms with Gasteiger partial charge in [-0.25, -0.2) is 0 Å². The van der Waals surface area contributed by atoms with Gasteiger partial charge in [-0.1, -0.05) is 19.1 Å². The molecule has 0 spiro atoms. The fourth-order valence-electron chi connectivity index (χ4n) is 1.93. The van der Waals surface area contributed by atoms with E-state index >= 15 is 0 Å². The van der Waals surface area contributed by atoms with E-state index in [-0.39, 0.29) is 5.91 Å². The maximum absolute atomic E-state index is 11.9. The van der Waals surface area contributed by atoms with Crippen molar-refractivity contribution in [3.8, 4) is 0 Å². The molecule has 1 saturated carbocycles. The Kier molecular flexibility index (Phi) is 5.28. The monoisotopic (exact) mass is 278 g/mol. The normalized spacial score (nSPS) is 14.4. The molecule has 3 nitrogen and oxygen atoms in total. The lowest BCUT2D eigenvalue weighted by molar-refractivity contribution is -0.127. The quantitative estimate of drug-likeness (QED) is 0.778. The van der Waals surface area contributed by atoms with E-state index < -0.39 is 0 Å². The molecule has 0 saturated heterocycles. The zero-order valence-electron chi connectivity index (χ0n) is 11.7. The molecular formula is C15H22N2OS. The van der Waals surface area contributed by atoms with Crippen LogP contribution < -0.4 is 5.32 Å². The topological polar surface area (TPSA) is 32.3 Å². The molecule has 104 valence electrons. The fraction of sp³-hybridized carbons (Fsp3) is 0.533. The Labute approximate surface area is 119 Å². The largest absolute Gasteiger partial charge is 0.342 e. The van der Waals surface area contributed by atoms with Crippen LogP contribution in [0, 0.1) is 0 Å². The molecule has 4 heteroatoms. The molecule has 0 unspecified atom stereocenters. The molecular weight excluding hydrogens is 256 g/mol. The van der Waals surface area contributed by atoms with Crippen LogP contribution in [0.4, 0.5) is 0 Å². The van der Waals surface area contributed by atoms with Gasteiger partial charge in [-0.3, -0.25) is 4.79 Å². The minimum atomic E-state index is 0.240. The van der Waals surface area contributed by atoms with Crippen molar-refractivity contribution in [3.63, 3.8) is 0 Å². The minimum absolute atomic E-state index is 0.240. The molecule has 0 aromatic heterocycles. The number of hydrogen-bond donors (Lipinski definition) is 1. The van der Waals surface area contributed by atoms with Gasteiger partial charge in [0.2, 0.25) is 5.91 Å². The third-order valence-electron chi connectivity index (χ3n) is 3.33. The van der Waals surface area contributed by atoms with Crippen LogP contribution in [0.2, 0.25) is 0 Å². The molecule has 1 fully saturated rings. The summed E-state index contributed by atoms with van der Waals surface area (Å²) in [7, 11) is 1.92. The number of thioether (sulfide) groups is 1. The molecule has 1 aliphatic carbocycles. The van der Waals surface area contributed by atoms with E-state index in [1.165, 1.54) is 23.3 Å². The molecule has 0 atom stereocenters. The lowest BCUT2D eigenvalue weighted by Crippen LogP contribution is -2.30. The highest BCUT2D eigenvalue weighted by Crippen LogP contribution is 2.27. The predicted molar refractivity (Wildman–Crippen MR) is 80.3 cm³/mol. The summed E-state index contributed by atoms with van der Waals surface area (Å²) in [6, 6.07) is 8.92. The second kappa shape index (κ2) is 6.96. The fourth-order valence-corrected chi connectivity index (χ4v) is 2.83. The van der Waals surface area contributed by atoms with Crippen molar-refractivity contribution in [2.75, 3.05) is 19.3 Å². The number of rotatable bonds is 7. The van der Waals surface area contributed by atoms with Crippen LogP contribution in [0.5, 0.6) is 0 Å². The summed E-state index contributed by atoms with van der Waals surface area (Å²) in [4.78, 5) is 15.0. The zero-order chi connectivity index (χ0) is 13.7. The van der Waals surface area contributed by atoms with Gasteiger partial charge in [0.25, 0.3) is 0 Å². The van der Waals surface area contributed by atoms with E-state index in [4.69, 9.17) is 0 Å². The van der Waals surface area contributed by atoms with E-state index in [1.807, 2.05) is 11.9 Å². The second-order valence-corrected chi connectivity index (χ2v) is 6.00. The van der Waals surface area contributed by atoms with Crippen LogP contribution in [0.15, 0.2) is 29.2 Å². The van der Waals surface area contributed by atoms with Gasteiger partial charge in [0, 0.05) is 24.5 Å². The highest BCUT2D eigenvalue weighted by molar-refractivity contribution is 8.00. The highest BCUT2D eigenvalue weighted by Gasteiger charge is 2.29. The van der Waals surface area contributed by atoms with Gasteiger partial charge in [-0.15, -0.1) is 11.8 Å². The summed E-state index contributed by atoms with van der Waals surface area (Å²) >= 11 is 1.63. The number of hydrogen-bond acceptors (Lipinski definition) is 3. The summed E-state index contributed by atoms with van der Waals surface area (Å²) in [5.41, 5.74) is 1.27. The van der Waals surface area contributed by atoms with E-state index in [2.05, 4.69) is 36.5 Å². The molecule has 0 radical (unpaired) electrons. The van der Waals surface area contributed by atoms with Crippen LogP contribution in [-0.4, -0.2) is 36.2 Å². The Morgan fingerprint density at radius 2 is 2.26 bits per heavy atom. The van der Waals surface area contributed by atoms with Gasteiger partial charge in [0.05, 0.1) is 5.75 Å². The Bertz CT molecular complexity index is 432. The van der Waals surface area contributed by atoms with E-state index in [0.717, 1.165) is 13.1 Å². The van der Waals surface area contributed by atoms with Crippen molar-refractivity contribution in [3.05, 3.63) is 29.8 Å². The molecule has 19 heavy (non-hydrogen) atoms. The first-order chi connectivity index (χ1) is 9.20. The average molecular weight is 278 g/mol. The van der Waals surface area contributed by atoms with Crippen molar-refractivity contribution < 1.29 is 4.79 Å². The average Bonchev–Trinajstić information content (AvgIpc) is 3.26. The van der Waals surface area contributed by atoms with E-state index in [9.17, 15) is 4.79 Å². The van der Waals surface area contributed by atoms with Gasteiger partial charge < -0.3 is 10.2 Å². The van der Waals surface area contributed by atoms with Crippen molar-refractivity contribution in [1.82, 2.24) is 10.2 Å². The maximum atomic E-state index is 11.9. The van der Waals surface area contributed by atoms with Crippen molar-refractivity contribution in [2.45, 2.75) is 37.2 Å². The Morgan fingerprint density at radius 3 is 2.95 bits per heavy atom. The minimum Gasteiger partial charge on any atom is -0.342 e. The van der Waals surface area contributed by atoms with Crippen LogP contribution in [-0.2, 0) is 11.3 Å². The Hall–Kier alpha value is -1.00. The molecule has 1 aromatic carbocycles. The van der Waals surface area contributed by atoms with Crippen LogP contribution in [0.25, 0.3) is 0 Å². The maximum Gasteiger partial charge on any atom is 0.232 e. The lowest BCUT2D eigenvalue weighted by atomic mass is 10.2. The number of amides is 1. The zero-order valence-corrected chi connectivity index (χ0v) is 12.5. The molecule has 0 bridgehead atoms. The molecule has 2 rings (SSSR count). The van der Waals surface area contributed by atoms with Crippen LogP contribution in [0.1, 0.15) is 25.3 Å². The summed E-state index contributed by atoms with van der Waals surface area (Å²) in [5, 5.41) is 3.31.